The van der Waals surface area contributed by atoms with E-state index in [4.69, 9.17) is 14.2 Å². The van der Waals surface area contributed by atoms with Gasteiger partial charge in [-0.25, -0.2) is 0 Å². The van der Waals surface area contributed by atoms with Crippen LogP contribution in [0, 0.1) is 23.2 Å². The van der Waals surface area contributed by atoms with Gasteiger partial charge >= 0.3 is 0 Å². The molecule has 2 fully saturated rings. The summed E-state index contributed by atoms with van der Waals surface area (Å²) in [5.74, 6) is 3.98. The molecule has 2 saturated carbocycles. The molecule has 6 atom stereocenters. The maximum atomic E-state index is 6.11. The molecule has 0 aliphatic heterocycles. The van der Waals surface area contributed by atoms with Crippen LogP contribution in [0.4, 0.5) is 0 Å². The van der Waals surface area contributed by atoms with E-state index >= 15 is 0 Å². The highest BCUT2D eigenvalue weighted by Crippen LogP contribution is 2.63. The van der Waals surface area contributed by atoms with E-state index in [1.54, 1.807) is 19.8 Å². The third kappa shape index (κ3) is 2.71. The second-order valence-corrected chi connectivity index (χ2v) is 8.73. The molecule has 0 heterocycles. The molecule has 3 heteroatoms. The molecule has 25 heavy (non-hydrogen) atoms. The van der Waals surface area contributed by atoms with Crippen LogP contribution in [0.2, 0.25) is 0 Å². The van der Waals surface area contributed by atoms with E-state index in [1.165, 1.54) is 37.7 Å². The fourth-order valence-electron chi connectivity index (χ4n) is 6.62. The molecule has 1 aromatic rings. The highest BCUT2D eigenvalue weighted by Gasteiger charge is 2.57. The fraction of sp³-hybridized carbons (Fsp3) is 0.727. The minimum atomic E-state index is 0.309. The second-order valence-electron chi connectivity index (χ2n) is 8.73. The van der Waals surface area contributed by atoms with Gasteiger partial charge in [-0.1, -0.05) is 19.9 Å². The van der Waals surface area contributed by atoms with E-state index in [0.29, 0.717) is 30.1 Å². The van der Waals surface area contributed by atoms with E-state index < -0.39 is 0 Å². The Kier molecular flexibility index (Phi) is 4.57. The lowest BCUT2D eigenvalue weighted by Crippen LogP contribution is -2.48. The molecule has 0 spiro atoms. The highest BCUT2D eigenvalue weighted by atomic mass is 16.7. The SMILES string of the molecule is COCOC1CCC2C3CCc4cc(OC)ccc4C3C(C)CC12C. The second kappa shape index (κ2) is 6.59. The van der Waals surface area contributed by atoms with Crippen molar-refractivity contribution in [1.82, 2.24) is 0 Å². The molecule has 3 aliphatic carbocycles. The van der Waals surface area contributed by atoms with Crippen molar-refractivity contribution in [2.75, 3.05) is 21.0 Å². The highest BCUT2D eigenvalue weighted by molar-refractivity contribution is 5.41. The van der Waals surface area contributed by atoms with Gasteiger partial charge < -0.3 is 14.2 Å². The maximum Gasteiger partial charge on any atom is 0.146 e. The molecular formula is C22H32O3. The summed E-state index contributed by atoms with van der Waals surface area (Å²) in [6.45, 7) is 5.38. The number of hydrogen-bond acceptors (Lipinski definition) is 3. The van der Waals surface area contributed by atoms with Crippen molar-refractivity contribution in [3.63, 3.8) is 0 Å². The van der Waals surface area contributed by atoms with E-state index in [0.717, 1.165) is 17.6 Å². The van der Waals surface area contributed by atoms with Crippen molar-refractivity contribution in [3.05, 3.63) is 29.3 Å². The van der Waals surface area contributed by atoms with Gasteiger partial charge in [0.15, 0.2) is 0 Å². The Hall–Kier alpha value is -1.06. The molecule has 0 bridgehead atoms. The summed E-state index contributed by atoms with van der Waals surface area (Å²) in [4.78, 5) is 0. The first-order valence-corrected chi connectivity index (χ1v) is 9.86. The van der Waals surface area contributed by atoms with Crippen molar-refractivity contribution in [1.29, 1.82) is 0 Å². The van der Waals surface area contributed by atoms with Crippen LogP contribution in [-0.2, 0) is 15.9 Å². The summed E-state index contributed by atoms with van der Waals surface area (Å²) < 4.78 is 16.8. The van der Waals surface area contributed by atoms with E-state index in [1.807, 2.05) is 0 Å². The number of ether oxygens (including phenoxy) is 3. The molecule has 0 N–H and O–H groups in total. The molecule has 138 valence electrons. The van der Waals surface area contributed by atoms with Crippen LogP contribution in [0.25, 0.3) is 0 Å². The zero-order valence-corrected chi connectivity index (χ0v) is 16.1. The van der Waals surface area contributed by atoms with Gasteiger partial charge in [0.1, 0.15) is 12.5 Å². The number of aryl methyl sites for hydroxylation is 1. The largest absolute Gasteiger partial charge is 0.497 e. The Morgan fingerprint density at radius 3 is 2.76 bits per heavy atom. The summed E-state index contributed by atoms with van der Waals surface area (Å²) in [5, 5.41) is 0. The molecule has 0 aromatic heterocycles. The molecule has 3 aliphatic rings. The van der Waals surface area contributed by atoms with Gasteiger partial charge in [-0.05, 0) is 84.5 Å². The molecule has 6 unspecified atom stereocenters. The molecule has 0 saturated heterocycles. The molecule has 1 aromatic carbocycles. The van der Waals surface area contributed by atoms with Crippen LogP contribution in [-0.4, -0.2) is 27.1 Å². The smallest absolute Gasteiger partial charge is 0.146 e. The molecule has 3 nitrogen and oxygen atoms in total. The lowest BCUT2D eigenvalue weighted by atomic mass is 9.52. The van der Waals surface area contributed by atoms with Crippen LogP contribution in [0.15, 0.2) is 18.2 Å². The lowest BCUT2D eigenvalue weighted by Gasteiger charge is -2.53. The zero-order chi connectivity index (χ0) is 17.6. The maximum absolute atomic E-state index is 6.11. The number of methoxy groups -OCH3 is 2. The summed E-state index contributed by atoms with van der Waals surface area (Å²) in [6, 6.07) is 6.77. The van der Waals surface area contributed by atoms with Gasteiger partial charge in [0, 0.05) is 7.11 Å². The summed E-state index contributed by atoms with van der Waals surface area (Å²) in [5.41, 5.74) is 3.41. The average Bonchev–Trinajstić information content (AvgIpc) is 2.94. The average molecular weight is 344 g/mol. The fourth-order valence-corrected chi connectivity index (χ4v) is 6.62. The Labute approximate surface area is 152 Å². The van der Waals surface area contributed by atoms with Gasteiger partial charge in [0.2, 0.25) is 0 Å². The van der Waals surface area contributed by atoms with Crippen LogP contribution in [0.5, 0.6) is 5.75 Å². The van der Waals surface area contributed by atoms with Gasteiger partial charge in [0.25, 0.3) is 0 Å². The first kappa shape index (κ1) is 17.4. The van der Waals surface area contributed by atoms with Gasteiger partial charge in [-0.3, -0.25) is 0 Å². The van der Waals surface area contributed by atoms with E-state index in [9.17, 15) is 0 Å². The van der Waals surface area contributed by atoms with Gasteiger partial charge in [0.05, 0.1) is 13.2 Å². The van der Waals surface area contributed by atoms with Crippen molar-refractivity contribution < 1.29 is 14.2 Å². The van der Waals surface area contributed by atoms with Crippen molar-refractivity contribution >= 4 is 0 Å². The van der Waals surface area contributed by atoms with E-state index in [-0.39, 0.29) is 0 Å². The molecule has 4 rings (SSSR count). The van der Waals surface area contributed by atoms with Crippen LogP contribution in [0.1, 0.15) is 56.6 Å². The Morgan fingerprint density at radius 2 is 2.00 bits per heavy atom. The quantitative estimate of drug-likeness (QED) is 0.735. The predicted molar refractivity (Wildman–Crippen MR) is 98.9 cm³/mol. The first-order valence-electron chi connectivity index (χ1n) is 9.86. The molecule has 0 radical (unpaired) electrons. The normalized spacial score (nSPS) is 39.4. The zero-order valence-electron chi connectivity index (χ0n) is 16.1. The minimum Gasteiger partial charge on any atom is -0.497 e. The monoisotopic (exact) mass is 344 g/mol. The number of rotatable bonds is 4. The standard InChI is InChI=1S/C22H32O3/c1-14-12-22(2)19(9-10-20(22)25-13-23-3)18-7-5-15-11-16(24-4)6-8-17(15)21(14)18/h6,8,11,14,18-21H,5,7,9-10,12-13H2,1-4H3. The Bertz CT molecular complexity index is 628. The molecular weight excluding hydrogens is 312 g/mol. The van der Waals surface area contributed by atoms with Crippen molar-refractivity contribution in [3.8, 4) is 5.75 Å². The number of hydrogen-bond donors (Lipinski definition) is 0. The van der Waals surface area contributed by atoms with Gasteiger partial charge in [-0.15, -0.1) is 0 Å². The Balaban J connectivity index is 1.64. The lowest BCUT2D eigenvalue weighted by molar-refractivity contribution is -0.131. The van der Waals surface area contributed by atoms with Crippen molar-refractivity contribution in [2.45, 2.75) is 58.0 Å². The number of fused-ring (bicyclic) bond motifs is 5. The van der Waals surface area contributed by atoms with Crippen LogP contribution in [0.3, 0.4) is 0 Å². The van der Waals surface area contributed by atoms with Crippen LogP contribution >= 0.6 is 0 Å². The topological polar surface area (TPSA) is 27.7 Å². The number of benzene rings is 1. The van der Waals surface area contributed by atoms with E-state index in [2.05, 4.69) is 32.0 Å². The summed E-state index contributed by atoms with van der Waals surface area (Å²) in [6.07, 6.45) is 6.63. The van der Waals surface area contributed by atoms with Crippen molar-refractivity contribution in [2.24, 2.45) is 23.2 Å². The molecule has 0 amide bonds. The predicted octanol–water partition coefficient (Wildman–Crippen LogP) is 4.79. The summed E-state index contributed by atoms with van der Waals surface area (Å²) in [7, 11) is 3.49. The minimum absolute atomic E-state index is 0.309. The third-order valence-electron chi connectivity index (χ3n) is 7.52. The Morgan fingerprint density at radius 1 is 1.16 bits per heavy atom. The summed E-state index contributed by atoms with van der Waals surface area (Å²) >= 11 is 0. The first-order chi connectivity index (χ1) is 12.1. The third-order valence-corrected chi connectivity index (χ3v) is 7.52. The van der Waals surface area contributed by atoms with Crippen LogP contribution < -0.4 is 4.74 Å². The van der Waals surface area contributed by atoms with Gasteiger partial charge in [-0.2, -0.15) is 0 Å².